The van der Waals surface area contributed by atoms with Gasteiger partial charge in [-0.05, 0) is 93.4 Å². The summed E-state index contributed by atoms with van der Waals surface area (Å²) in [6.07, 6.45) is 4.34. The molecule has 5 aromatic carbocycles. The van der Waals surface area contributed by atoms with Crippen LogP contribution in [0.3, 0.4) is 0 Å². The van der Waals surface area contributed by atoms with Gasteiger partial charge in [0.15, 0.2) is 0 Å². The molecule has 0 aromatic heterocycles. The van der Waals surface area contributed by atoms with Crippen molar-refractivity contribution in [1.82, 2.24) is 0 Å². The van der Waals surface area contributed by atoms with Crippen LogP contribution in [0.1, 0.15) is 40.3 Å². The van der Waals surface area contributed by atoms with Crippen LogP contribution in [0, 0.1) is 6.92 Å². The molecule has 1 unspecified atom stereocenters. The molecule has 34 heavy (non-hydrogen) atoms. The van der Waals surface area contributed by atoms with Crippen molar-refractivity contribution >= 4 is 32.8 Å². The number of hydrogen-bond donors (Lipinski definition) is 0. The highest BCUT2D eigenvalue weighted by molar-refractivity contribution is 9.10. The van der Waals surface area contributed by atoms with Gasteiger partial charge in [-0.15, -0.1) is 0 Å². The Morgan fingerprint density at radius 1 is 0.647 bits per heavy atom. The summed E-state index contributed by atoms with van der Waals surface area (Å²) in [5, 5.41) is 2.53. The zero-order valence-corrected chi connectivity index (χ0v) is 20.9. The standard InChI is InChI=1S/C33H25Br/c1-3-8-24-19-26(15-13-22(24)2)33(27-16-14-23-9-4-5-10-25(23)20-27)31-12-7-6-11-29(31)30-18-17-28(34)21-32(30)33/h3-21H,1-2H3. The highest BCUT2D eigenvalue weighted by atomic mass is 79.9. The topological polar surface area (TPSA) is 0 Å². The second-order valence-corrected chi connectivity index (χ2v) is 10.0. The third kappa shape index (κ3) is 3.04. The Morgan fingerprint density at radius 2 is 1.35 bits per heavy atom. The normalized spacial score (nSPS) is 16.7. The van der Waals surface area contributed by atoms with Gasteiger partial charge in [0.1, 0.15) is 0 Å². The molecular weight excluding hydrogens is 476 g/mol. The molecule has 0 N–H and O–H groups in total. The molecule has 0 nitrogen and oxygen atoms in total. The van der Waals surface area contributed by atoms with Crippen LogP contribution in [-0.4, -0.2) is 0 Å². The Hall–Kier alpha value is -3.42. The Balaban J connectivity index is 1.79. The maximum Gasteiger partial charge on any atom is 0.0714 e. The third-order valence-corrected chi connectivity index (χ3v) is 7.74. The van der Waals surface area contributed by atoms with Crippen LogP contribution >= 0.6 is 15.9 Å². The van der Waals surface area contributed by atoms with Gasteiger partial charge >= 0.3 is 0 Å². The monoisotopic (exact) mass is 500 g/mol. The summed E-state index contributed by atoms with van der Waals surface area (Å²) in [4.78, 5) is 0. The van der Waals surface area contributed by atoms with Gasteiger partial charge in [0.05, 0.1) is 5.41 Å². The second kappa shape index (κ2) is 8.11. The van der Waals surface area contributed by atoms with Crippen molar-refractivity contribution in [1.29, 1.82) is 0 Å². The number of aryl methyl sites for hydroxylation is 1. The molecule has 1 aliphatic carbocycles. The minimum absolute atomic E-state index is 0.399. The smallest absolute Gasteiger partial charge is 0.0714 e. The number of halogens is 1. The van der Waals surface area contributed by atoms with Crippen molar-refractivity contribution in [3.63, 3.8) is 0 Å². The van der Waals surface area contributed by atoms with Gasteiger partial charge in [-0.2, -0.15) is 0 Å². The van der Waals surface area contributed by atoms with Crippen LogP contribution in [0.15, 0.2) is 114 Å². The lowest BCUT2D eigenvalue weighted by molar-refractivity contribution is 0.768. The lowest BCUT2D eigenvalue weighted by atomic mass is 9.67. The molecule has 1 atom stereocenters. The van der Waals surface area contributed by atoms with Crippen LogP contribution < -0.4 is 0 Å². The van der Waals surface area contributed by atoms with Crippen LogP contribution in [0.2, 0.25) is 0 Å². The van der Waals surface area contributed by atoms with E-state index >= 15 is 0 Å². The number of hydrogen-bond acceptors (Lipinski definition) is 0. The SMILES string of the molecule is CC=Cc1cc(C2(c3ccc4ccccc4c3)c3ccccc3-c3ccc(Br)cc32)ccc1C. The predicted octanol–water partition coefficient (Wildman–Crippen LogP) is 9.31. The molecule has 0 aliphatic heterocycles. The first-order valence-electron chi connectivity index (χ1n) is 11.8. The second-order valence-electron chi connectivity index (χ2n) is 9.12. The van der Waals surface area contributed by atoms with Crippen molar-refractivity contribution in [2.45, 2.75) is 19.3 Å². The molecule has 0 spiro atoms. The van der Waals surface area contributed by atoms with Crippen molar-refractivity contribution in [2.24, 2.45) is 0 Å². The summed E-state index contributed by atoms with van der Waals surface area (Å²) < 4.78 is 1.10. The fourth-order valence-electron chi connectivity index (χ4n) is 5.70. The first-order valence-corrected chi connectivity index (χ1v) is 12.6. The van der Waals surface area contributed by atoms with Gasteiger partial charge in [-0.3, -0.25) is 0 Å². The Morgan fingerprint density at radius 3 is 2.21 bits per heavy atom. The predicted molar refractivity (Wildman–Crippen MR) is 148 cm³/mol. The maximum absolute atomic E-state index is 3.79. The number of benzene rings is 5. The lowest BCUT2D eigenvalue weighted by Gasteiger charge is -2.34. The number of rotatable bonds is 3. The van der Waals surface area contributed by atoms with Crippen LogP contribution in [0.25, 0.3) is 28.0 Å². The van der Waals surface area contributed by atoms with E-state index in [1.807, 2.05) is 0 Å². The molecule has 5 aromatic rings. The van der Waals surface area contributed by atoms with E-state index in [-0.39, 0.29) is 0 Å². The van der Waals surface area contributed by atoms with E-state index < -0.39 is 5.41 Å². The van der Waals surface area contributed by atoms with E-state index in [2.05, 4.69) is 145 Å². The summed E-state index contributed by atoms with van der Waals surface area (Å²) in [5.41, 5.74) is 10.0. The Labute approximate surface area is 209 Å². The average Bonchev–Trinajstić information content (AvgIpc) is 3.15. The molecule has 0 heterocycles. The zero-order chi connectivity index (χ0) is 23.3. The summed E-state index contributed by atoms with van der Waals surface area (Å²) in [6, 6.07) is 38.3. The van der Waals surface area contributed by atoms with Gasteiger partial charge < -0.3 is 0 Å². The van der Waals surface area contributed by atoms with Gasteiger partial charge in [0, 0.05) is 4.47 Å². The van der Waals surface area contributed by atoms with E-state index in [0.717, 1.165) is 4.47 Å². The largest absolute Gasteiger partial charge is 0.0871 e. The van der Waals surface area contributed by atoms with Crippen molar-refractivity contribution in [3.05, 3.63) is 147 Å². The minimum Gasteiger partial charge on any atom is -0.0871 e. The molecular formula is C33H25Br. The summed E-state index contributed by atoms with van der Waals surface area (Å²) in [6.45, 7) is 4.28. The van der Waals surface area contributed by atoms with Gasteiger partial charge in [0.25, 0.3) is 0 Å². The summed E-state index contributed by atoms with van der Waals surface area (Å²) >= 11 is 3.79. The minimum atomic E-state index is -0.399. The zero-order valence-electron chi connectivity index (χ0n) is 19.3. The molecule has 0 radical (unpaired) electrons. The number of allylic oxidation sites excluding steroid dienone is 1. The Bertz CT molecular complexity index is 1590. The van der Waals surface area contributed by atoms with Gasteiger partial charge in [0.2, 0.25) is 0 Å². The molecule has 0 saturated heterocycles. The molecule has 0 bridgehead atoms. The van der Waals surface area contributed by atoms with E-state index in [0.29, 0.717) is 0 Å². The van der Waals surface area contributed by atoms with E-state index in [4.69, 9.17) is 0 Å². The van der Waals surface area contributed by atoms with Crippen molar-refractivity contribution in [2.75, 3.05) is 0 Å². The van der Waals surface area contributed by atoms with Crippen LogP contribution in [0.5, 0.6) is 0 Å². The molecule has 164 valence electrons. The maximum atomic E-state index is 3.79. The van der Waals surface area contributed by atoms with Gasteiger partial charge in [-0.25, -0.2) is 0 Å². The average molecular weight is 501 g/mol. The quantitative estimate of drug-likeness (QED) is 0.227. The Kier molecular flexibility index (Phi) is 5.04. The molecule has 1 heteroatoms. The van der Waals surface area contributed by atoms with Gasteiger partial charge in [-0.1, -0.05) is 107 Å². The first kappa shape index (κ1) is 21.1. The fraction of sp³-hybridized carbons (Fsp3) is 0.0909. The molecule has 0 saturated carbocycles. The van der Waals surface area contributed by atoms with Crippen molar-refractivity contribution in [3.8, 4) is 11.1 Å². The highest BCUT2D eigenvalue weighted by Crippen LogP contribution is 2.57. The van der Waals surface area contributed by atoms with E-state index in [1.54, 1.807) is 0 Å². The van der Waals surface area contributed by atoms with E-state index in [9.17, 15) is 0 Å². The molecule has 1 aliphatic rings. The van der Waals surface area contributed by atoms with Crippen molar-refractivity contribution < 1.29 is 0 Å². The van der Waals surface area contributed by atoms with Crippen LogP contribution in [0.4, 0.5) is 0 Å². The van der Waals surface area contributed by atoms with Crippen LogP contribution in [-0.2, 0) is 5.41 Å². The summed E-state index contributed by atoms with van der Waals surface area (Å²) in [5.74, 6) is 0. The van der Waals surface area contributed by atoms with E-state index in [1.165, 1.54) is 55.3 Å². The molecule has 6 rings (SSSR count). The first-order chi connectivity index (χ1) is 16.6. The third-order valence-electron chi connectivity index (χ3n) is 7.25. The lowest BCUT2D eigenvalue weighted by Crippen LogP contribution is -2.28. The summed E-state index contributed by atoms with van der Waals surface area (Å²) in [7, 11) is 0. The highest BCUT2D eigenvalue weighted by Gasteiger charge is 2.46. The fourth-order valence-corrected chi connectivity index (χ4v) is 6.06. The molecule has 0 fully saturated rings. The molecule has 0 amide bonds. The number of fused-ring (bicyclic) bond motifs is 4.